The molecule has 0 spiro atoms. The number of aliphatic hydroxyl groups excluding tert-OH is 1. The lowest BCUT2D eigenvalue weighted by atomic mass is 9.84. The molecule has 0 amide bonds. The smallest absolute Gasteiger partial charge is 0.241 e. The molecule has 0 unspecified atom stereocenters. The first-order chi connectivity index (χ1) is 9.30. The SMILES string of the molecule is CCC(CC)(CO)CNS(=O)(=O)c1ccc(N)cc1Br. The van der Waals surface area contributed by atoms with Gasteiger partial charge in [-0.3, -0.25) is 0 Å². The number of nitrogens with two attached hydrogens (primary N) is 1. The quantitative estimate of drug-likeness (QED) is 0.646. The Morgan fingerprint density at radius 1 is 1.35 bits per heavy atom. The zero-order valence-corrected chi connectivity index (χ0v) is 14.1. The summed E-state index contributed by atoms with van der Waals surface area (Å²) in [6.07, 6.45) is 1.40. The number of sulfonamides is 1. The molecule has 0 heterocycles. The number of nitrogen functional groups attached to an aromatic ring is 1. The van der Waals surface area contributed by atoms with Crippen molar-refractivity contribution in [1.82, 2.24) is 4.72 Å². The Bertz CT molecular complexity index is 548. The number of halogens is 1. The highest BCUT2D eigenvalue weighted by atomic mass is 79.9. The molecular formula is C13H21BrN2O3S. The van der Waals surface area contributed by atoms with E-state index in [4.69, 9.17) is 5.73 Å². The topological polar surface area (TPSA) is 92.4 Å². The molecule has 7 heteroatoms. The number of aliphatic hydroxyl groups is 1. The van der Waals surface area contributed by atoms with Gasteiger partial charge in [0.25, 0.3) is 0 Å². The number of hydrogen-bond acceptors (Lipinski definition) is 4. The van der Waals surface area contributed by atoms with Crippen molar-refractivity contribution in [3.63, 3.8) is 0 Å². The van der Waals surface area contributed by atoms with Gasteiger partial charge in [0.1, 0.15) is 0 Å². The van der Waals surface area contributed by atoms with Crippen LogP contribution in [0.3, 0.4) is 0 Å². The Morgan fingerprint density at radius 3 is 2.40 bits per heavy atom. The molecule has 114 valence electrons. The Labute approximate surface area is 128 Å². The molecule has 0 bridgehead atoms. The van der Waals surface area contributed by atoms with Gasteiger partial charge in [0.2, 0.25) is 10.0 Å². The molecule has 1 aromatic rings. The van der Waals surface area contributed by atoms with Crippen molar-refractivity contribution in [3.05, 3.63) is 22.7 Å². The van der Waals surface area contributed by atoms with Crippen LogP contribution in [0.5, 0.6) is 0 Å². The summed E-state index contributed by atoms with van der Waals surface area (Å²) in [6, 6.07) is 4.55. The first-order valence-electron chi connectivity index (χ1n) is 6.46. The van der Waals surface area contributed by atoms with E-state index in [2.05, 4.69) is 20.7 Å². The van der Waals surface area contributed by atoms with Gasteiger partial charge in [0.05, 0.1) is 4.90 Å². The minimum atomic E-state index is -3.63. The van der Waals surface area contributed by atoms with Crippen LogP contribution < -0.4 is 10.5 Å². The lowest BCUT2D eigenvalue weighted by Crippen LogP contribution is -2.39. The molecule has 0 radical (unpaired) electrons. The molecule has 0 aliphatic heterocycles. The second kappa shape index (κ2) is 6.89. The van der Waals surface area contributed by atoms with E-state index in [0.29, 0.717) is 23.0 Å². The molecule has 0 saturated heterocycles. The largest absolute Gasteiger partial charge is 0.399 e. The molecule has 0 aliphatic carbocycles. The fraction of sp³-hybridized carbons (Fsp3) is 0.538. The maximum Gasteiger partial charge on any atom is 0.241 e. The van der Waals surface area contributed by atoms with E-state index in [1.807, 2.05) is 13.8 Å². The lowest BCUT2D eigenvalue weighted by Gasteiger charge is -2.29. The van der Waals surface area contributed by atoms with E-state index in [0.717, 1.165) is 0 Å². The van der Waals surface area contributed by atoms with Crippen LogP contribution in [0.25, 0.3) is 0 Å². The third-order valence-corrected chi connectivity index (χ3v) is 6.10. The maximum atomic E-state index is 12.3. The van der Waals surface area contributed by atoms with Crippen molar-refractivity contribution < 1.29 is 13.5 Å². The fourth-order valence-electron chi connectivity index (χ4n) is 1.84. The normalized spacial score (nSPS) is 12.6. The number of rotatable bonds is 7. The van der Waals surface area contributed by atoms with Gasteiger partial charge in [-0.05, 0) is 47.0 Å². The Hall–Kier alpha value is -0.630. The van der Waals surface area contributed by atoms with E-state index >= 15 is 0 Å². The summed E-state index contributed by atoms with van der Waals surface area (Å²) in [7, 11) is -3.63. The van der Waals surface area contributed by atoms with E-state index in [1.54, 1.807) is 6.07 Å². The summed E-state index contributed by atoms with van der Waals surface area (Å²) in [6.45, 7) is 4.03. The monoisotopic (exact) mass is 364 g/mol. The zero-order valence-electron chi connectivity index (χ0n) is 11.7. The first kappa shape index (κ1) is 17.4. The highest BCUT2D eigenvalue weighted by Crippen LogP contribution is 2.27. The number of anilines is 1. The average Bonchev–Trinajstić information content (AvgIpc) is 2.40. The molecule has 0 aromatic heterocycles. The molecule has 20 heavy (non-hydrogen) atoms. The summed E-state index contributed by atoms with van der Waals surface area (Å²) in [5.41, 5.74) is 5.67. The lowest BCUT2D eigenvalue weighted by molar-refractivity contribution is 0.119. The average molecular weight is 365 g/mol. The Kier molecular flexibility index (Phi) is 6.00. The van der Waals surface area contributed by atoms with Gasteiger partial charge >= 0.3 is 0 Å². The molecule has 0 atom stereocenters. The van der Waals surface area contributed by atoms with Gasteiger partial charge in [-0.25, -0.2) is 13.1 Å². The van der Waals surface area contributed by atoms with E-state index in [1.165, 1.54) is 12.1 Å². The summed E-state index contributed by atoms with van der Waals surface area (Å²) in [4.78, 5) is 0.144. The summed E-state index contributed by atoms with van der Waals surface area (Å²) < 4.78 is 27.6. The molecule has 0 aliphatic rings. The van der Waals surface area contributed by atoms with Gasteiger partial charge in [-0.1, -0.05) is 13.8 Å². The highest BCUT2D eigenvalue weighted by molar-refractivity contribution is 9.10. The minimum absolute atomic E-state index is 0.0502. The molecule has 1 aromatic carbocycles. The number of benzene rings is 1. The summed E-state index contributed by atoms with van der Waals surface area (Å²) >= 11 is 3.21. The molecule has 5 nitrogen and oxygen atoms in total. The third kappa shape index (κ3) is 3.94. The fourth-order valence-corrected chi connectivity index (χ4v) is 4.09. The Morgan fingerprint density at radius 2 is 1.95 bits per heavy atom. The van der Waals surface area contributed by atoms with Crippen molar-refractivity contribution in [2.45, 2.75) is 31.6 Å². The second-order valence-corrected chi connectivity index (χ2v) is 7.47. The summed E-state index contributed by atoms with van der Waals surface area (Å²) in [5, 5.41) is 9.47. The molecule has 1 rings (SSSR count). The van der Waals surface area contributed by atoms with Crippen molar-refractivity contribution in [2.24, 2.45) is 5.41 Å². The van der Waals surface area contributed by atoms with Crippen LogP contribution in [-0.2, 0) is 10.0 Å². The van der Waals surface area contributed by atoms with Crippen molar-refractivity contribution in [3.8, 4) is 0 Å². The van der Waals surface area contributed by atoms with Gasteiger partial charge in [0.15, 0.2) is 0 Å². The molecule has 0 saturated carbocycles. The second-order valence-electron chi connectivity index (χ2n) is 4.88. The van der Waals surface area contributed by atoms with Crippen LogP contribution in [0.1, 0.15) is 26.7 Å². The van der Waals surface area contributed by atoms with E-state index < -0.39 is 15.4 Å². The van der Waals surface area contributed by atoms with E-state index in [-0.39, 0.29) is 18.0 Å². The van der Waals surface area contributed by atoms with Crippen LogP contribution >= 0.6 is 15.9 Å². The predicted octanol–water partition coefficient (Wildman–Crippen LogP) is 2.11. The third-order valence-electron chi connectivity index (χ3n) is 3.72. The highest BCUT2D eigenvalue weighted by Gasteiger charge is 2.28. The predicted molar refractivity (Wildman–Crippen MR) is 83.8 cm³/mol. The van der Waals surface area contributed by atoms with Crippen molar-refractivity contribution in [1.29, 1.82) is 0 Å². The Balaban J connectivity index is 2.96. The minimum Gasteiger partial charge on any atom is -0.399 e. The van der Waals surface area contributed by atoms with Crippen molar-refractivity contribution in [2.75, 3.05) is 18.9 Å². The number of hydrogen-bond donors (Lipinski definition) is 3. The number of nitrogens with one attached hydrogen (secondary N) is 1. The van der Waals surface area contributed by atoms with Crippen molar-refractivity contribution >= 4 is 31.6 Å². The van der Waals surface area contributed by atoms with Gasteiger partial charge in [-0.2, -0.15) is 0 Å². The van der Waals surface area contributed by atoms with Gasteiger partial charge < -0.3 is 10.8 Å². The van der Waals surface area contributed by atoms with Gasteiger partial charge in [-0.15, -0.1) is 0 Å². The van der Waals surface area contributed by atoms with Crippen LogP contribution in [-0.4, -0.2) is 26.7 Å². The van der Waals surface area contributed by atoms with Crippen LogP contribution in [0.4, 0.5) is 5.69 Å². The first-order valence-corrected chi connectivity index (χ1v) is 8.73. The van der Waals surface area contributed by atoms with E-state index in [9.17, 15) is 13.5 Å². The zero-order chi connectivity index (χ0) is 15.4. The van der Waals surface area contributed by atoms with Crippen LogP contribution in [0.2, 0.25) is 0 Å². The molecular weight excluding hydrogens is 344 g/mol. The maximum absolute atomic E-state index is 12.3. The van der Waals surface area contributed by atoms with Crippen LogP contribution in [0, 0.1) is 5.41 Å². The molecule has 4 N–H and O–H groups in total. The van der Waals surface area contributed by atoms with Crippen LogP contribution in [0.15, 0.2) is 27.6 Å². The van der Waals surface area contributed by atoms with Gasteiger partial charge in [0, 0.05) is 28.7 Å². The standard InChI is InChI=1S/C13H21BrN2O3S/c1-3-13(4-2,9-17)8-16-20(18,19)12-6-5-10(15)7-11(12)14/h5-7,16-17H,3-4,8-9,15H2,1-2H3. The summed E-state index contributed by atoms with van der Waals surface area (Å²) in [5.74, 6) is 0. The molecule has 0 fully saturated rings.